The van der Waals surface area contributed by atoms with Gasteiger partial charge in [0.15, 0.2) is 0 Å². The molecule has 0 bridgehead atoms. The number of amides is 1. The van der Waals surface area contributed by atoms with Gasteiger partial charge < -0.3 is 14.5 Å². The largest absolute Gasteiger partial charge is 0.376 e. The van der Waals surface area contributed by atoms with Crippen LogP contribution in [0.25, 0.3) is 0 Å². The van der Waals surface area contributed by atoms with E-state index in [2.05, 4.69) is 14.8 Å². The minimum absolute atomic E-state index is 0.288. The first-order valence-electron chi connectivity index (χ1n) is 10.2. The zero-order valence-electron chi connectivity index (χ0n) is 15.7. The lowest BCUT2D eigenvalue weighted by molar-refractivity contribution is -0.133. The van der Waals surface area contributed by atoms with Crippen molar-refractivity contribution in [3.8, 4) is 0 Å². The monoisotopic (exact) mass is 357 g/mol. The molecule has 3 aliphatic rings. The van der Waals surface area contributed by atoms with Gasteiger partial charge in [0.2, 0.25) is 5.91 Å². The molecule has 4 heterocycles. The third kappa shape index (κ3) is 4.26. The summed E-state index contributed by atoms with van der Waals surface area (Å²) in [4.78, 5) is 21.3. The number of ether oxygens (including phenoxy) is 1. The second kappa shape index (κ2) is 8.05. The Morgan fingerprint density at radius 1 is 1.23 bits per heavy atom. The van der Waals surface area contributed by atoms with Crippen molar-refractivity contribution in [1.29, 1.82) is 0 Å². The van der Waals surface area contributed by atoms with Crippen molar-refractivity contribution < 1.29 is 9.53 Å². The van der Waals surface area contributed by atoms with Crippen LogP contribution in [0.3, 0.4) is 0 Å². The molecule has 0 unspecified atom stereocenters. The number of nitrogens with zero attached hydrogens (tertiary/aromatic N) is 3. The van der Waals surface area contributed by atoms with Gasteiger partial charge >= 0.3 is 0 Å². The summed E-state index contributed by atoms with van der Waals surface area (Å²) in [5.41, 5.74) is 1.47. The highest BCUT2D eigenvalue weighted by Crippen LogP contribution is 2.42. The molecular formula is C21H31N3O2. The first-order valence-corrected chi connectivity index (χ1v) is 10.2. The molecule has 0 N–H and O–H groups in total. The Morgan fingerprint density at radius 2 is 2.04 bits per heavy atom. The van der Waals surface area contributed by atoms with E-state index >= 15 is 0 Å². The highest BCUT2D eigenvalue weighted by atomic mass is 16.5. The number of carbonyl (C=O) groups excluding carboxylic acids is 1. The summed E-state index contributed by atoms with van der Waals surface area (Å²) in [6.45, 7) is 6.27. The van der Waals surface area contributed by atoms with Crippen LogP contribution in [-0.4, -0.2) is 66.1 Å². The van der Waals surface area contributed by atoms with Crippen LogP contribution < -0.4 is 0 Å². The zero-order chi connectivity index (χ0) is 17.8. The number of rotatable bonds is 5. The number of aryl methyl sites for hydroxylation is 1. The second-order valence-corrected chi connectivity index (χ2v) is 8.39. The number of hydrogen-bond donors (Lipinski definition) is 0. The van der Waals surface area contributed by atoms with Gasteiger partial charge in [0.1, 0.15) is 0 Å². The van der Waals surface area contributed by atoms with E-state index in [1.807, 2.05) is 18.3 Å². The molecule has 3 saturated heterocycles. The molecule has 1 amide bonds. The first-order chi connectivity index (χ1) is 12.7. The van der Waals surface area contributed by atoms with Crippen molar-refractivity contribution >= 4 is 5.91 Å². The summed E-state index contributed by atoms with van der Waals surface area (Å²) in [6.07, 6.45) is 11.5. The molecule has 26 heavy (non-hydrogen) atoms. The van der Waals surface area contributed by atoms with Gasteiger partial charge in [-0.15, -0.1) is 0 Å². The number of likely N-dealkylation sites (tertiary alicyclic amines) is 2. The molecule has 3 fully saturated rings. The molecule has 1 spiro atoms. The Morgan fingerprint density at radius 3 is 2.77 bits per heavy atom. The fourth-order valence-electron chi connectivity index (χ4n) is 4.80. The summed E-state index contributed by atoms with van der Waals surface area (Å²) >= 11 is 0. The molecule has 4 rings (SSSR count). The van der Waals surface area contributed by atoms with E-state index in [-0.39, 0.29) is 5.91 Å². The maximum Gasteiger partial charge on any atom is 0.222 e. The minimum Gasteiger partial charge on any atom is -0.376 e. The van der Waals surface area contributed by atoms with Crippen LogP contribution in [-0.2, 0) is 16.0 Å². The van der Waals surface area contributed by atoms with E-state index in [0.717, 1.165) is 51.1 Å². The van der Waals surface area contributed by atoms with Gasteiger partial charge in [-0.05, 0) is 68.7 Å². The van der Waals surface area contributed by atoms with Gasteiger partial charge in [-0.25, -0.2) is 0 Å². The number of pyridine rings is 1. The van der Waals surface area contributed by atoms with Crippen molar-refractivity contribution in [2.45, 2.75) is 51.0 Å². The van der Waals surface area contributed by atoms with Crippen LogP contribution in [0.2, 0.25) is 0 Å². The molecule has 0 aromatic carbocycles. The zero-order valence-corrected chi connectivity index (χ0v) is 15.7. The summed E-state index contributed by atoms with van der Waals surface area (Å²) in [5.74, 6) is 0.288. The third-order valence-corrected chi connectivity index (χ3v) is 6.47. The molecule has 142 valence electrons. The van der Waals surface area contributed by atoms with E-state index in [4.69, 9.17) is 4.74 Å². The number of aromatic nitrogens is 1. The molecule has 5 nitrogen and oxygen atoms in total. The number of carbonyl (C=O) groups is 1. The summed E-state index contributed by atoms with van der Waals surface area (Å²) in [7, 11) is 0. The van der Waals surface area contributed by atoms with Crippen LogP contribution in [0.4, 0.5) is 0 Å². The third-order valence-electron chi connectivity index (χ3n) is 6.47. The quantitative estimate of drug-likeness (QED) is 0.812. The van der Waals surface area contributed by atoms with Crippen LogP contribution in [0.15, 0.2) is 24.5 Å². The molecule has 1 atom stereocenters. The molecule has 3 aliphatic heterocycles. The van der Waals surface area contributed by atoms with E-state index in [1.54, 1.807) is 6.20 Å². The molecule has 1 aromatic heterocycles. The van der Waals surface area contributed by atoms with Gasteiger partial charge in [0.05, 0.1) is 12.7 Å². The molecule has 1 aromatic rings. The second-order valence-electron chi connectivity index (χ2n) is 8.39. The average Bonchev–Trinajstić information content (AvgIpc) is 3.32. The molecule has 0 radical (unpaired) electrons. The van der Waals surface area contributed by atoms with Crippen molar-refractivity contribution in [2.24, 2.45) is 5.41 Å². The van der Waals surface area contributed by atoms with E-state index < -0.39 is 0 Å². The van der Waals surface area contributed by atoms with Crippen LogP contribution in [0, 0.1) is 5.41 Å². The number of piperidine rings is 1. The maximum atomic E-state index is 12.5. The first kappa shape index (κ1) is 17.9. The Labute approximate surface area is 156 Å². The Bertz CT molecular complexity index is 593. The Kier molecular flexibility index (Phi) is 5.55. The Balaban J connectivity index is 1.21. The molecular weight excluding hydrogens is 326 g/mol. The van der Waals surface area contributed by atoms with Gasteiger partial charge in [-0.3, -0.25) is 9.78 Å². The van der Waals surface area contributed by atoms with E-state index in [0.29, 0.717) is 17.9 Å². The summed E-state index contributed by atoms with van der Waals surface area (Å²) in [5, 5.41) is 0. The predicted octanol–water partition coefficient (Wildman–Crippen LogP) is 2.51. The lowest BCUT2D eigenvalue weighted by Gasteiger charge is -2.38. The van der Waals surface area contributed by atoms with Gasteiger partial charge in [-0.2, -0.15) is 0 Å². The van der Waals surface area contributed by atoms with Gasteiger partial charge in [-0.1, -0.05) is 6.07 Å². The topological polar surface area (TPSA) is 45.7 Å². The highest BCUT2D eigenvalue weighted by molar-refractivity contribution is 5.76. The van der Waals surface area contributed by atoms with E-state index in [9.17, 15) is 4.79 Å². The van der Waals surface area contributed by atoms with Crippen molar-refractivity contribution in [1.82, 2.24) is 14.8 Å². The highest BCUT2D eigenvalue weighted by Gasteiger charge is 2.43. The van der Waals surface area contributed by atoms with Crippen LogP contribution in [0.5, 0.6) is 0 Å². The lowest BCUT2D eigenvalue weighted by atomic mass is 9.76. The van der Waals surface area contributed by atoms with E-state index in [1.165, 1.54) is 32.4 Å². The van der Waals surface area contributed by atoms with Crippen molar-refractivity contribution in [2.75, 3.05) is 39.3 Å². The van der Waals surface area contributed by atoms with Crippen molar-refractivity contribution in [3.63, 3.8) is 0 Å². The predicted molar refractivity (Wildman–Crippen MR) is 101 cm³/mol. The normalized spacial score (nSPS) is 25.8. The minimum atomic E-state index is 0.288. The maximum absolute atomic E-state index is 12.5. The molecule has 0 aliphatic carbocycles. The summed E-state index contributed by atoms with van der Waals surface area (Å²) in [6, 6.07) is 3.98. The Hall–Kier alpha value is -1.46. The van der Waals surface area contributed by atoms with Gasteiger partial charge in [0.25, 0.3) is 0 Å². The fraction of sp³-hybridized carbons (Fsp3) is 0.714. The molecule has 5 heteroatoms. The van der Waals surface area contributed by atoms with Gasteiger partial charge in [0, 0.05) is 38.4 Å². The molecule has 0 saturated carbocycles. The SMILES string of the molecule is O=C(CCc1cccnc1)N1CCC2(CC1)CO[C@@H](CN1CCCC1)C2. The number of hydrogen-bond acceptors (Lipinski definition) is 4. The van der Waals surface area contributed by atoms with Crippen molar-refractivity contribution in [3.05, 3.63) is 30.1 Å². The van der Waals surface area contributed by atoms with Crippen LogP contribution in [0.1, 0.15) is 44.1 Å². The smallest absolute Gasteiger partial charge is 0.222 e. The fourth-order valence-corrected chi connectivity index (χ4v) is 4.80. The summed E-state index contributed by atoms with van der Waals surface area (Å²) < 4.78 is 6.16. The standard InChI is InChI=1S/C21H31N3O2/c25-20(6-5-18-4-3-9-22-15-18)24-12-7-21(8-13-24)14-19(26-17-21)16-23-10-1-2-11-23/h3-4,9,15,19H,1-2,5-8,10-14,16-17H2/t19-/m1/s1. The lowest BCUT2D eigenvalue weighted by Crippen LogP contribution is -2.43. The average molecular weight is 357 g/mol. The van der Waals surface area contributed by atoms with Crippen LogP contribution >= 0.6 is 0 Å².